The fourth-order valence-corrected chi connectivity index (χ4v) is 9.97. The van der Waals surface area contributed by atoms with E-state index in [-0.39, 0.29) is 13.1 Å². The molecule has 4 aliphatic rings. The van der Waals surface area contributed by atoms with Crippen LogP contribution in [0.3, 0.4) is 0 Å². The van der Waals surface area contributed by atoms with Gasteiger partial charge in [0.2, 0.25) is 23.6 Å². The number of primary amides is 1. The number of nitrogens with two attached hydrogens (primary N) is 1. The van der Waals surface area contributed by atoms with Gasteiger partial charge in [0.1, 0.15) is 48.0 Å². The summed E-state index contributed by atoms with van der Waals surface area (Å²) in [5.41, 5.74) is 5.92. The number of thioether (sulfide) groups is 1. The zero-order valence-electron chi connectivity index (χ0n) is 37.6. The number of imide groups is 1. The summed E-state index contributed by atoms with van der Waals surface area (Å²) in [5.74, 6) is -5.10. The van der Waals surface area contributed by atoms with E-state index in [2.05, 4.69) is 28.2 Å². The summed E-state index contributed by atoms with van der Waals surface area (Å²) < 4.78 is 4.84. The first kappa shape index (κ1) is 52.8. The number of nitrogens with one attached hydrogen (secondary N) is 4. The molecule has 5 rings (SSSR count). The van der Waals surface area contributed by atoms with E-state index in [0.29, 0.717) is 18.5 Å². The number of aliphatic hydroxyl groups is 3. The molecule has 0 bridgehead atoms. The van der Waals surface area contributed by atoms with Crippen molar-refractivity contribution in [3.05, 3.63) is 35.9 Å². The Labute approximate surface area is 382 Å². The molecule has 4 aliphatic heterocycles. The summed E-state index contributed by atoms with van der Waals surface area (Å²) in [4.78, 5) is 102. The quantitative estimate of drug-likeness (QED) is 0.0459. The van der Waals surface area contributed by atoms with Gasteiger partial charge in [0.05, 0.1) is 18.7 Å². The molecule has 65 heavy (non-hydrogen) atoms. The lowest BCUT2D eigenvalue weighted by Crippen LogP contribution is -2.71. The van der Waals surface area contributed by atoms with Gasteiger partial charge in [-0.2, -0.15) is 0 Å². The van der Waals surface area contributed by atoms with Crippen molar-refractivity contribution in [2.75, 3.05) is 26.2 Å². The van der Waals surface area contributed by atoms with Gasteiger partial charge in [0, 0.05) is 31.3 Å². The topological polar surface area (TPSA) is 311 Å². The standard InChI is InChI=1S/C23H27N5O7S.C20H39N3O6/c1-4-26-10-11-27(19(32)18(26)31)22(35)25-13(12-8-6-5-7-9-12)16(29)24-14-17(30)28-15(21(33)34)23(2,3)36-20(14)28;1-3-4-5-6-7-8-9-10-11-14(19(21)28)23-20-16(22-13(2)25)18(27)17(26)15(12-24)29-20/h5-9,13-15,20H,4,10-11H2,1-3H3,(H,24,29)(H,25,35)(H,33,34);14-18,20,23-24,26-27H,3-12H2,1-2H3,(H2,21,28)(H,22,25)/t13-,14-,15+,20-;14?,15-,16-,17-,18-,20-/m11/s1. The Balaban J connectivity index is 0.000000292. The lowest BCUT2D eigenvalue weighted by molar-refractivity contribution is -0.204. The van der Waals surface area contributed by atoms with Crippen molar-refractivity contribution in [3.63, 3.8) is 0 Å². The molecule has 21 nitrogen and oxygen atoms in total. The Morgan fingerprint density at radius 2 is 1.54 bits per heavy atom. The molecule has 4 fully saturated rings. The second-order valence-corrected chi connectivity index (χ2v) is 18.9. The van der Waals surface area contributed by atoms with E-state index in [4.69, 9.17) is 10.5 Å². The van der Waals surface area contributed by atoms with Crippen LogP contribution >= 0.6 is 11.8 Å². The molecule has 1 aromatic rings. The average molecular weight is 935 g/mol. The number of ether oxygens (including phenoxy) is 1. The predicted octanol–water partition coefficient (Wildman–Crippen LogP) is -0.336. The molecule has 10 atom stereocenters. The van der Waals surface area contributed by atoms with Crippen LogP contribution in [0.5, 0.6) is 0 Å². The highest BCUT2D eigenvalue weighted by Crippen LogP contribution is 2.50. The molecule has 0 aromatic heterocycles. The monoisotopic (exact) mass is 934 g/mol. The number of piperazine rings is 1. The van der Waals surface area contributed by atoms with E-state index in [9.17, 15) is 58.8 Å². The Morgan fingerprint density at radius 1 is 0.908 bits per heavy atom. The third kappa shape index (κ3) is 13.2. The molecule has 0 aliphatic carbocycles. The lowest BCUT2D eigenvalue weighted by Gasteiger charge is -2.44. The minimum Gasteiger partial charge on any atom is -0.480 e. The average Bonchev–Trinajstić information content (AvgIpc) is 3.53. The van der Waals surface area contributed by atoms with Crippen molar-refractivity contribution >= 4 is 59.2 Å². The third-order valence-electron chi connectivity index (χ3n) is 11.9. The smallest absolute Gasteiger partial charge is 0.327 e. The number of fused-ring (bicyclic) bond motifs is 1. The normalized spacial score (nSPS) is 26.8. The number of hydrogen-bond acceptors (Lipinski definition) is 14. The number of aliphatic carboxylic acids is 1. The van der Waals surface area contributed by atoms with E-state index >= 15 is 0 Å². The number of unbranched alkanes of at least 4 members (excludes halogenated alkanes) is 7. The van der Waals surface area contributed by atoms with E-state index in [1.807, 2.05) is 0 Å². The highest BCUT2D eigenvalue weighted by molar-refractivity contribution is 8.01. The maximum Gasteiger partial charge on any atom is 0.327 e. The van der Waals surface area contributed by atoms with Gasteiger partial charge in [-0.05, 0) is 32.8 Å². The number of likely N-dealkylation sites (N-methyl/N-ethyl adjacent to an activating group) is 1. The van der Waals surface area contributed by atoms with Crippen molar-refractivity contribution in [2.45, 2.75) is 157 Å². The van der Waals surface area contributed by atoms with Gasteiger partial charge < -0.3 is 56.6 Å². The summed E-state index contributed by atoms with van der Waals surface area (Å²) in [6.07, 6.45) is 4.79. The molecular formula is C43H66N8O13S. The van der Waals surface area contributed by atoms with Crippen LogP contribution in [0.15, 0.2) is 30.3 Å². The van der Waals surface area contributed by atoms with Crippen molar-refractivity contribution in [1.82, 2.24) is 36.0 Å². The molecule has 362 valence electrons. The number of urea groups is 1. The number of hydrogen-bond donors (Lipinski definition) is 9. The van der Waals surface area contributed by atoms with E-state index in [0.717, 1.165) is 24.2 Å². The second kappa shape index (κ2) is 24.1. The molecule has 8 amide bonds. The molecule has 1 aromatic carbocycles. The van der Waals surface area contributed by atoms with Crippen LogP contribution in [-0.4, -0.2) is 168 Å². The lowest BCUT2D eigenvalue weighted by atomic mass is 9.95. The maximum absolute atomic E-state index is 13.3. The van der Waals surface area contributed by atoms with Gasteiger partial charge in [-0.25, -0.2) is 9.59 Å². The van der Waals surface area contributed by atoms with Crippen LogP contribution in [0.1, 0.15) is 104 Å². The van der Waals surface area contributed by atoms with Crippen LogP contribution in [0.25, 0.3) is 0 Å². The summed E-state index contributed by atoms with van der Waals surface area (Å²) in [7, 11) is 0. The van der Waals surface area contributed by atoms with Crippen LogP contribution < -0.4 is 27.0 Å². The summed E-state index contributed by atoms with van der Waals surface area (Å²) in [6, 6.07) is 2.42. The fourth-order valence-electron chi connectivity index (χ4n) is 8.34. The van der Waals surface area contributed by atoms with Gasteiger partial charge in [-0.3, -0.25) is 39.0 Å². The zero-order valence-corrected chi connectivity index (χ0v) is 38.5. The number of β-lactam (4-membered cyclic amide) rings is 1. The second-order valence-electron chi connectivity index (χ2n) is 17.1. The first-order valence-corrected chi connectivity index (χ1v) is 23.1. The summed E-state index contributed by atoms with van der Waals surface area (Å²) in [6.45, 7) is 8.63. The Hall–Kier alpha value is -4.87. The number of carboxylic acids is 1. The van der Waals surface area contributed by atoms with Gasteiger partial charge in [-0.15, -0.1) is 11.8 Å². The highest BCUT2D eigenvalue weighted by atomic mass is 32.2. The Bertz CT molecular complexity index is 1860. The number of benzene rings is 1. The molecule has 0 radical (unpaired) electrons. The largest absolute Gasteiger partial charge is 0.480 e. The number of carboxylic acid groups (broad SMARTS) is 1. The molecule has 4 saturated heterocycles. The number of carbonyl (C=O) groups is 8. The van der Waals surface area contributed by atoms with E-state index in [1.54, 1.807) is 51.1 Å². The molecule has 10 N–H and O–H groups in total. The maximum atomic E-state index is 13.3. The molecular weight excluding hydrogens is 869 g/mol. The Kier molecular flexibility index (Phi) is 19.5. The van der Waals surface area contributed by atoms with Crippen molar-refractivity contribution < 1.29 is 63.5 Å². The summed E-state index contributed by atoms with van der Waals surface area (Å²) >= 11 is 1.28. The number of amides is 8. The number of aliphatic hydroxyl groups excluding tert-OH is 3. The fraction of sp³-hybridized carbons (Fsp3) is 0.674. The Morgan fingerprint density at radius 3 is 2.11 bits per heavy atom. The van der Waals surface area contributed by atoms with Crippen LogP contribution in [0.2, 0.25) is 0 Å². The number of nitrogens with zero attached hydrogens (tertiary/aromatic N) is 3. The molecule has 0 spiro atoms. The first-order valence-electron chi connectivity index (χ1n) is 22.2. The minimum atomic E-state index is -1.37. The number of carbonyl (C=O) groups excluding carboxylic acids is 7. The van der Waals surface area contributed by atoms with Crippen LogP contribution in [0.4, 0.5) is 4.79 Å². The molecule has 22 heteroatoms. The predicted molar refractivity (Wildman–Crippen MR) is 236 cm³/mol. The highest BCUT2D eigenvalue weighted by Gasteiger charge is 2.64. The van der Waals surface area contributed by atoms with E-state index < -0.39 is 119 Å². The van der Waals surface area contributed by atoms with Crippen molar-refractivity contribution in [2.24, 2.45) is 5.73 Å². The molecule has 4 heterocycles. The van der Waals surface area contributed by atoms with Crippen LogP contribution in [-0.2, 0) is 38.3 Å². The SMILES string of the molecule is CCCCCCCCCCC(N[C@@H]1O[C@H](CO)[C@@H](O)[C@H](O)[C@H]1NC(C)=O)C(N)=O.CCN1CCN(C(=O)N[C@@H](C(=O)N[C@@H]2C(=O)N3[C@@H]2SC(C)(C)[C@@H]3C(=O)O)c2ccccc2)C(=O)C1=O. The van der Waals surface area contributed by atoms with Crippen LogP contribution in [0, 0.1) is 0 Å². The number of rotatable bonds is 20. The van der Waals surface area contributed by atoms with Gasteiger partial charge in [0.15, 0.2) is 0 Å². The van der Waals surface area contributed by atoms with Gasteiger partial charge in [-0.1, -0.05) is 88.6 Å². The third-order valence-corrected chi connectivity index (χ3v) is 13.5. The van der Waals surface area contributed by atoms with E-state index in [1.165, 1.54) is 60.6 Å². The summed E-state index contributed by atoms with van der Waals surface area (Å²) in [5, 5.41) is 49.4. The first-order chi connectivity index (χ1) is 30.8. The molecule has 1 unspecified atom stereocenters. The van der Waals surface area contributed by atoms with Crippen molar-refractivity contribution in [1.29, 1.82) is 0 Å². The van der Waals surface area contributed by atoms with Gasteiger partial charge >= 0.3 is 23.8 Å². The molecule has 0 saturated carbocycles. The van der Waals surface area contributed by atoms with Crippen molar-refractivity contribution in [3.8, 4) is 0 Å². The zero-order chi connectivity index (χ0) is 48.2. The van der Waals surface area contributed by atoms with Gasteiger partial charge in [0.25, 0.3) is 0 Å². The minimum absolute atomic E-state index is 0.0200.